The van der Waals surface area contributed by atoms with E-state index in [1.165, 1.54) is 0 Å². The van der Waals surface area contributed by atoms with Crippen molar-refractivity contribution in [1.29, 1.82) is 0 Å². The number of alkyl halides is 1. The molecule has 1 aromatic carbocycles. The molecule has 0 radical (unpaired) electrons. The Kier molecular flexibility index (Phi) is 3.13. The minimum Gasteiger partial charge on any atom is -0.492 e. The molecule has 15 heavy (non-hydrogen) atoms. The molecule has 1 aliphatic heterocycles. The SMILES string of the molecule is O=C(c1cc(Br)c2c(c1)CCO2)C(O)Br. The molecule has 1 heterocycles. The van der Waals surface area contributed by atoms with Crippen molar-refractivity contribution in [2.24, 2.45) is 0 Å². The molecule has 0 spiro atoms. The maximum absolute atomic E-state index is 11.5. The monoisotopic (exact) mass is 334 g/mol. The molecule has 1 atom stereocenters. The fourth-order valence-corrected chi connectivity index (χ4v) is 2.42. The first kappa shape index (κ1) is 11.1. The molecule has 0 aliphatic carbocycles. The number of ketones is 1. The molecule has 0 fully saturated rings. The molecule has 0 bridgehead atoms. The Balaban J connectivity index is 2.44. The Morgan fingerprint density at radius 1 is 1.53 bits per heavy atom. The van der Waals surface area contributed by atoms with E-state index in [2.05, 4.69) is 31.9 Å². The highest BCUT2D eigenvalue weighted by Gasteiger charge is 2.21. The van der Waals surface area contributed by atoms with Crippen molar-refractivity contribution in [2.45, 2.75) is 11.4 Å². The summed E-state index contributed by atoms with van der Waals surface area (Å²) < 4.78 is 6.15. The van der Waals surface area contributed by atoms with Gasteiger partial charge in [0.25, 0.3) is 0 Å². The molecular weight excluding hydrogens is 328 g/mol. The van der Waals surface area contributed by atoms with Gasteiger partial charge in [0.2, 0.25) is 5.78 Å². The van der Waals surface area contributed by atoms with Gasteiger partial charge < -0.3 is 9.84 Å². The van der Waals surface area contributed by atoms with Crippen molar-refractivity contribution in [1.82, 2.24) is 0 Å². The minimum absolute atomic E-state index is 0.342. The van der Waals surface area contributed by atoms with Gasteiger partial charge in [0.15, 0.2) is 5.01 Å². The molecule has 0 saturated heterocycles. The third kappa shape index (κ3) is 2.09. The van der Waals surface area contributed by atoms with E-state index in [1.54, 1.807) is 12.1 Å². The number of halogens is 2. The molecule has 1 aliphatic rings. The lowest BCUT2D eigenvalue weighted by Crippen LogP contribution is -2.13. The average molecular weight is 336 g/mol. The second kappa shape index (κ2) is 4.23. The van der Waals surface area contributed by atoms with Gasteiger partial charge in [-0.25, -0.2) is 0 Å². The van der Waals surface area contributed by atoms with Crippen molar-refractivity contribution < 1.29 is 14.6 Å². The van der Waals surface area contributed by atoms with Crippen LogP contribution >= 0.6 is 31.9 Å². The van der Waals surface area contributed by atoms with E-state index >= 15 is 0 Å². The predicted octanol–water partition coefficient (Wildman–Crippen LogP) is 2.28. The lowest BCUT2D eigenvalue weighted by molar-refractivity contribution is 0.0875. The van der Waals surface area contributed by atoms with Gasteiger partial charge >= 0.3 is 0 Å². The second-order valence-corrected chi connectivity index (χ2v) is 4.97. The molecule has 0 amide bonds. The fraction of sp³-hybridized carbons (Fsp3) is 0.300. The molecule has 0 saturated carbocycles. The Morgan fingerprint density at radius 2 is 2.27 bits per heavy atom. The summed E-state index contributed by atoms with van der Waals surface area (Å²) in [6.07, 6.45) is 0.799. The van der Waals surface area contributed by atoms with Crippen molar-refractivity contribution in [3.63, 3.8) is 0 Å². The Labute approximate surface area is 104 Å². The van der Waals surface area contributed by atoms with Gasteiger partial charge in [0.05, 0.1) is 11.1 Å². The molecule has 0 aromatic heterocycles. The highest BCUT2D eigenvalue weighted by atomic mass is 79.9. The van der Waals surface area contributed by atoms with Crippen LogP contribution in [0.1, 0.15) is 15.9 Å². The van der Waals surface area contributed by atoms with E-state index in [-0.39, 0.29) is 5.78 Å². The molecule has 1 unspecified atom stereocenters. The number of fused-ring (bicyclic) bond motifs is 1. The van der Waals surface area contributed by atoms with Gasteiger partial charge in [-0.3, -0.25) is 4.79 Å². The van der Waals surface area contributed by atoms with Crippen molar-refractivity contribution in [3.8, 4) is 5.75 Å². The number of benzene rings is 1. The van der Waals surface area contributed by atoms with Crippen LogP contribution in [-0.4, -0.2) is 22.5 Å². The van der Waals surface area contributed by atoms with Gasteiger partial charge in [-0.1, -0.05) is 0 Å². The van der Waals surface area contributed by atoms with Crippen molar-refractivity contribution >= 4 is 37.6 Å². The summed E-state index contributed by atoms with van der Waals surface area (Å²) in [7, 11) is 0. The maximum Gasteiger partial charge on any atom is 0.202 e. The Hall–Kier alpha value is -0.390. The normalized spacial score (nSPS) is 15.7. The van der Waals surface area contributed by atoms with Gasteiger partial charge in [-0.05, 0) is 49.6 Å². The third-order valence-electron chi connectivity index (χ3n) is 2.24. The summed E-state index contributed by atoms with van der Waals surface area (Å²) in [4.78, 5) is 11.5. The summed E-state index contributed by atoms with van der Waals surface area (Å²) >= 11 is 6.18. The highest BCUT2D eigenvalue weighted by molar-refractivity contribution is 9.10. The zero-order chi connectivity index (χ0) is 11.0. The number of Topliss-reactive ketones (excluding diaryl/α,β-unsaturated/α-hetero) is 1. The zero-order valence-corrected chi connectivity index (χ0v) is 10.8. The molecule has 80 valence electrons. The van der Waals surface area contributed by atoms with Crippen LogP contribution in [0.4, 0.5) is 0 Å². The number of carbonyl (C=O) groups is 1. The first-order valence-corrected chi connectivity index (χ1v) is 6.12. The maximum atomic E-state index is 11.5. The summed E-state index contributed by atoms with van der Waals surface area (Å²) in [5.74, 6) is 0.459. The first-order chi connectivity index (χ1) is 7.09. The van der Waals surface area contributed by atoms with Gasteiger partial charge in [0, 0.05) is 12.0 Å². The number of ether oxygens (including phenoxy) is 1. The summed E-state index contributed by atoms with van der Waals surface area (Å²) in [6, 6.07) is 3.43. The number of rotatable bonds is 2. The van der Waals surface area contributed by atoms with Crippen molar-refractivity contribution in [3.05, 3.63) is 27.7 Å². The Bertz CT molecular complexity index is 415. The molecule has 1 N–H and O–H groups in total. The predicted molar refractivity (Wildman–Crippen MR) is 62.6 cm³/mol. The van der Waals surface area contributed by atoms with Crippen LogP contribution in [0.15, 0.2) is 16.6 Å². The standard InChI is InChI=1S/C10H8Br2O3/c11-7-4-6(8(13)10(12)14)3-5-1-2-15-9(5)7/h3-4,10,14H,1-2H2. The van der Waals surface area contributed by atoms with E-state index in [9.17, 15) is 4.79 Å². The van der Waals surface area contributed by atoms with Gasteiger partial charge in [0.1, 0.15) is 5.75 Å². The van der Waals surface area contributed by atoms with Crippen LogP contribution in [0.3, 0.4) is 0 Å². The van der Waals surface area contributed by atoms with Crippen LogP contribution in [0, 0.1) is 0 Å². The minimum atomic E-state index is -1.15. The second-order valence-electron chi connectivity index (χ2n) is 3.24. The fourth-order valence-electron chi connectivity index (χ4n) is 1.54. The zero-order valence-electron chi connectivity index (χ0n) is 7.67. The van der Waals surface area contributed by atoms with Crippen LogP contribution in [0.5, 0.6) is 5.75 Å². The van der Waals surface area contributed by atoms with E-state index in [4.69, 9.17) is 9.84 Å². The molecule has 2 rings (SSSR count). The lowest BCUT2D eigenvalue weighted by atomic mass is 10.1. The lowest BCUT2D eigenvalue weighted by Gasteiger charge is -2.06. The third-order valence-corrected chi connectivity index (χ3v) is 3.24. The van der Waals surface area contributed by atoms with E-state index in [0.717, 1.165) is 22.2 Å². The number of aliphatic hydroxyl groups excluding tert-OH is 1. The highest BCUT2D eigenvalue weighted by Crippen LogP contribution is 2.35. The van der Waals surface area contributed by atoms with Crippen LogP contribution in [0.2, 0.25) is 0 Å². The van der Waals surface area contributed by atoms with E-state index in [1.807, 2.05) is 0 Å². The molecule has 1 aromatic rings. The average Bonchev–Trinajstić information content (AvgIpc) is 2.64. The number of hydrogen-bond acceptors (Lipinski definition) is 3. The molecular formula is C10H8Br2O3. The number of carbonyl (C=O) groups excluding carboxylic acids is 1. The Morgan fingerprint density at radius 3 is 2.93 bits per heavy atom. The molecule has 3 nitrogen and oxygen atoms in total. The summed E-state index contributed by atoms with van der Waals surface area (Å²) in [5.41, 5.74) is 1.48. The van der Waals surface area contributed by atoms with Gasteiger partial charge in [-0.2, -0.15) is 0 Å². The quantitative estimate of drug-likeness (QED) is 0.666. The summed E-state index contributed by atoms with van der Waals surface area (Å²) in [6.45, 7) is 0.641. The number of hydrogen-bond donors (Lipinski definition) is 1. The number of aliphatic hydroxyl groups is 1. The first-order valence-electron chi connectivity index (χ1n) is 4.41. The van der Waals surface area contributed by atoms with Crippen molar-refractivity contribution in [2.75, 3.05) is 6.61 Å². The van der Waals surface area contributed by atoms with Crippen LogP contribution in [-0.2, 0) is 6.42 Å². The van der Waals surface area contributed by atoms with Gasteiger partial charge in [-0.15, -0.1) is 0 Å². The van der Waals surface area contributed by atoms with Crippen LogP contribution in [0.25, 0.3) is 0 Å². The summed E-state index contributed by atoms with van der Waals surface area (Å²) in [5, 5.41) is 7.99. The van der Waals surface area contributed by atoms with E-state index < -0.39 is 5.01 Å². The van der Waals surface area contributed by atoms with Crippen LogP contribution < -0.4 is 4.74 Å². The van der Waals surface area contributed by atoms with E-state index in [0.29, 0.717) is 12.2 Å². The topological polar surface area (TPSA) is 46.5 Å². The smallest absolute Gasteiger partial charge is 0.202 e. The molecule has 5 heteroatoms. The largest absolute Gasteiger partial charge is 0.492 e.